The number of aryl methyl sites for hydroxylation is 2. The number of carbonyl (C=O) groups excluding carboxylic acids is 1. The number of carbonyl (C=O) groups is 1. The van der Waals surface area contributed by atoms with Crippen molar-refractivity contribution in [3.63, 3.8) is 0 Å². The first-order chi connectivity index (χ1) is 12.5. The van der Waals surface area contributed by atoms with Gasteiger partial charge in [0.1, 0.15) is 5.82 Å². The lowest BCUT2D eigenvalue weighted by Crippen LogP contribution is -2.33. The molecule has 1 saturated carbocycles. The zero-order chi connectivity index (χ0) is 18.7. The molecule has 26 heavy (non-hydrogen) atoms. The molecule has 1 fully saturated rings. The fourth-order valence-electron chi connectivity index (χ4n) is 3.14. The molecule has 0 aliphatic heterocycles. The van der Waals surface area contributed by atoms with Gasteiger partial charge in [-0.15, -0.1) is 10.2 Å². The van der Waals surface area contributed by atoms with Crippen molar-refractivity contribution < 1.29 is 4.79 Å². The number of hydrogen-bond acceptors (Lipinski definition) is 4. The van der Waals surface area contributed by atoms with Gasteiger partial charge >= 0.3 is 0 Å². The van der Waals surface area contributed by atoms with Crippen LogP contribution in [0.4, 0.5) is 0 Å². The third-order valence-corrected chi connectivity index (χ3v) is 5.75. The maximum atomic E-state index is 12.5. The lowest BCUT2D eigenvalue weighted by Gasteiger charge is -2.23. The molecule has 140 valence electrons. The van der Waals surface area contributed by atoms with Crippen LogP contribution in [0.3, 0.4) is 0 Å². The van der Waals surface area contributed by atoms with Gasteiger partial charge in [-0.25, -0.2) is 0 Å². The van der Waals surface area contributed by atoms with Crippen molar-refractivity contribution in [3.05, 3.63) is 41.2 Å². The van der Waals surface area contributed by atoms with E-state index >= 15 is 0 Å². The van der Waals surface area contributed by atoms with Gasteiger partial charge < -0.3 is 9.88 Å². The predicted octanol–water partition coefficient (Wildman–Crippen LogP) is 4.09. The SMILES string of the molecule is CCc1ccc([C@@H](NC(=O)CSc2nnc(C)n2C2CC2)C(C)C)cc1. The third kappa shape index (κ3) is 4.47. The standard InChI is InChI=1S/C20H28N4OS/c1-5-15-6-8-16(9-7-15)19(13(2)3)21-18(25)12-26-20-23-22-14(4)24(20)17-10-11-17/h6-9,13,17,19H,5,10-12H2,1-4H3,(H,21,25)/t19-/m0/s1. The number of benzene rings is 1. The number of hydrogen-bond donors (Lipinski definition) is 1. The molecule has 1 atom stereocenters. The van der Waals surface area contributed by atoms with Crippen LogP contribution in [0.15, 0.2) is 29.4 Å². The molecule has 0 saturated heterocycles. The predicted molar refractivity (Wildman–Crippen MR) is 105 cm³/mol. The van der Waals surface area contributed by atoms with Crippen LogP contribution in [0.1, 0.15) is 62.6 Å². The molecule has 1 aliphatic rings. The molecule has 1 aromatic heterocycles. The van der Waals surface area contributed by atoms with E-state index in [-0.39, 0.29) is 11.9 Å². The Morgan fingerprint density at radius 3 is 2.54 bits per heavy atom. The lowest BCUT2D eigenvalue weighted by molar-refractivity contribution is -0.119. The molecule has 1 aliphatic carbocycles. The zero-order valence-electron chi connectivity index (χ0n) is 16.0. The summed E-state index contributed by atoms with van der Waals surface area (Å²) >= 11 is 1.48. The maximum absolute atomic E-state index is 12.5. The Kier molecular flexibility index (Phi) is 6.01. The van der Waals surface area contributed by atoms with Crippen molar-refractivity contribution >= 4 is 17.7 Å². The Labute approximate surface area is 160 Å². The Bertz CT molecular complexity index is 750. The summed E-state index contributed by atoms with van der Waals surface area (Å²) in [6, 6.07) is 9.10. The number of nitrogens with zero attached hydrogens (tertiary/aromatic N) is 3. The maximum Gasteiger partial charge on any atom is 0.230 e. The number of amides is 1. The number of nitrogens with one attached hydrogen (secondary N) is 1. The molecule has 5 nitrogen and oxygen atoms in total. The Hall–Kier alpha value is -1.82. The highest BCUT2D eigenvalue weighted by molar-refractivity contribution is 7.99. The van der Waals surface area contributed by atoms with Crippen molar-refractivity contribution in [2.75, 3.05) is 5.75 Å². The van der Waals surface area contributed by atoms with E-state index < -0.39 is 0 Å². The largest absolute Gasteiger partial charge is 0.348 e. The van der Waals surface area contributed by atoms with Gasteiger partial charge in [0.05, 0.1) is 11.8 Å². The lowest BCUT2D eigenvalue weighted by atomic mass is 9.95. The molecule has 3 rings (SSSR count). The molecule has 6 heteroatoms. The van der Waals surface area contributed by atoms with Gasteiger partial charge in [-0.1, -0.05) is 56.8 Å². The van der Waals surface area contributed by atoms with Crippen molar-refractivity contribution in [3.8, 4) is 0 Å². The first-order valence-electron chi connectivity index (χ1n) is 9.42. The van der Waals surface area contributed by atoms with Crippen LogP contribution in [0.5, 0.6) is 0 Å². The molecule has 0 radical (unpaired) electrons. The second kappa shape index (κ2) is 8.25. The highest BCUT2D eigenvalue weighted by Crippen LogP contribution is 2.38. The van der Waals surface area contributed by atoms with Crippen LogP contribution in [0, 0.1) is 12.8 Å². The summed E-state index contributed by atoms with van der Waals surface area (Å²) in [7, 11) is 0. The Morgan fingerprint density at radius 2 is 1.96 bits per heavy atom. The van der Waals surface area contributed by atoms with E-state index in [0.717, 1.165) is 23.0 Å². The Balaban J connectivity index is 1.61. The minimum absolute atomic E-state index is 0.0250. The zero-order valence-corrected chi connectivity index (χ0v) is 16.8. The molecular weight excluding hydrogens is 344 g/mol. The van der Waals surface area contributed by atoms with Crippen molar-refractivity contribution in [2.45, 2.75) is 64.2 Å². The fourth-order valence-corrected chi connectivity index (χ4v) is 4.00. The average Bonchev–Trinajstić information content (AvgIpc) is 3.40. The smallest absolute Gasteiger partial charge is 0.230 e. The molecule has 0 unspecified atom stereocenters. The van der Waals surface area contributed by atoms with Crippen molar-refractivity contribution in [1.29, 1.82) is 0 Å². The average molecular weight is 373 g/mol. The van der Waals surface area contributed by atoms with Crippen LogP contribution < -0.4 is 5.32 Å². The topological polar surface area (TPSA) is 59.8 Å². The van der Waals surface area contributed by atoms with E-state index in [0.29, 0.717) is 17.7 Å². The minimum atomic E-state index is 0.0250. The van der Waals surface area contributed by atoms with E-state index in [4.69, 9.17) is 0 Å². The highest BCUT2D eigenvalue weighted by Gasteiger charge is 2.28. The Morgan fingerprint density at radius 1 is 1.27 bits per heavy atom. The van der Waals surface area contributed by atoms with Gasteiger partial charge in [-0.3, -0.25) is 4.79 Å². The molecule has 2 aromatic rings. The molecule has 1 amide bonds. The summed E-state index contributed by atoms with van der Waals surface area (Å²) in [5, 5.41) is 12.5. The quantitative estimate of drug-likeness (QED) is 0.709. The van der Waals surface area contributed by atoms with Crippen LogP contribution >= 0.6 is 11.8 Å². The molecule has 0 spiro atoms. The summed E-state index contributed by atoms with van der Waals surface area (Å²) in [5.74, 6) is 1.66. The fraction of sp³-hybridized carbons (Fsp3) is 0.550. The number of thioether (sulfide) groups is 1. The number of aromatic nitrogens is 3. The summed E-state index contributed by atoms with van der Waals surface area (Å²) in [6.45, 7) is 8.40. The first kappa shape index (κ1) is 19.0. The van der Waals surface area contributed by atoms with Crippen LogP contribution in [-0.4, -0.2) is 26.4 Å². The van der Waals surface area contributed by atoms with Gasteiger partial charge in [0, 0.05) is 6.04 Å². The monoisotopic (exact) mass is 372 g/mol. The van der Waals surface area contributed by atoms with Crippen LogP contribution in [0.25, 0.3) is 0 Å². The summed E-state index contributed by atoms with van der Waals surface area (Å²) in [4.78, 5) is 12.5. The van der Waals surface area contributed by atoms with E-state index in [1.165, 1.54) is 30.2 Å². The number of rotatable bonds is 8. The third-order valence-electron chi connectivity index (χ3n) is 4.81. The van der Waals surface area contributed by atoms with E-state index in [1.807, 2.05) is 6.92 Å². The molecule has 1 aromatic carbocycles. The molecule has 0 bridgehead atoms. The van der Waals surface area contributed by atoms with Crippen LogP contribution in [-0.2, 0) is 11.2 Å². The van der Waals surface area contributed by atoms with Gasteiger partial charge in [-0.05, 0) is 43.2 Å². The van der Waals surface area contributed by atoms with Gasteiger partial charge in [0.15, 0.2) is 5.16 Å². The van der Waals surface area contributed by atoms with E-state index in [2.05, 4.69) is 65.1 Å². The van der Waals surface area contributed by atoms with Crippen molar-refractivity contribution in [2.24, 2.45) is 5.92 Å². The normalized spacial score (nSPS) is 15.3. The summed E-state index contributed by atoms with van der Waals surface area (Å²) < 4.78 is 2.17. The molecular formula is C20H28N4OS. The molecule has 1 N–H and O–H groups in total. The summed E-state index contributed by atoms with van der Waals surface area (Å²) in [5.41, 5.74) is 2.47. The van der Waals surface area contributed by atoms with Gasteiger partial charge in [0.25, 0.3) is 0 Å². The minimum Gasteiger partial charge on any atom is -0.348 e. The first-order valence-corrected chi connectivity index (χ1v) is 10.4. The second-order valence-corrected chi connectivity index (χ2v) is 8.25. The van der Waals surface area contributed by atoms with E-state index in [1.54, 1.807) is 0 Å². The van der Waals surface area contributed by atoms with Crippen molar-refractivity contribution in [1.82, 2.24) is 20.1 Å². The second-order valence-electron chi connectivity index (χ2n) is 7.30. The molecule has 1 heterocycles. The highest BCUT2D eigenvalue weighted by atomic mass is 32.2. The van der Waals surface area contributed by atoms with E-state index in [9.17, 15) is 4.79 Å². The van der Waals surface area contributed by atoms with Crippen LogP contribution in [0.2, 0.25) is 0 Å². The summed E-state index contributed by atoms with van der Waals surface area (Å²) in [6.07, 6.45) is 3.39. The van der Waals surface area contributed by atoms with Gasteiger partial charge in [0.2, 0.25) is 5.91 Å². The van der Waals surface area contributed by atoms with Gasteiger partial charge in [-0.2, -0.15) is 0 Å².